The van der Waals surface area contributed by atoms with Gasteiger partial charge in [0.2, 0.25) is 11.1 Å². The molecule has 4 bridgehead atoms. The van der Waals surface area contributed by atoms with Crippen LogP contribution >= 0.6 is 11.8 Å². The summed E-state index contributed by atoms with van der Waals surface area (Å²) < 4.78 is 1.69. The minimum atomic E-state index is 0.0974. The standard InChI is InChI=1S/C22H29N5OS/c1-2-19(22-11-15-8-16(12-22)10-17(9-15)13-22)23-20(28)14-29-21-24-25-26-27(21)18-6-4-3-5-7-18/h3-7,15-17,19H,2,8-14H2,1H3,(H,23,28)/t15?,16?,17?,19-,22?/m1/s1. The zero-order valence-electron chi connectivity index (χ0n) is 17.0. The summed E-state index contributed by atoms with van der Waals surface area (Å²) in [6, 6.07) is 10.1. The van der Waals surface area contributed by atoms with Gasteiger partial charge in [0.05, 0.1) is 11.4 Å². The van der Waals surface area contributed by atoms with Gasteiger partial charge in [-0.15, -0.1) is 5.10 Å². The zero-order valence-corrected chi connectivity index (χ0v) is 17.8. The van der Waals surface area contributed by atoms with Crippen molar-refractivity contribution >= 4 is 17.7 Å². The van der Waals surface area contributed by atoms with E-state index in [1.165, 1.54) is 50.3 Å². The summed E-state index contributed by atoms with van der Waals surface area (Å²) in [4.78, 5) is 12.8. The fourth-order valence-electron chi connectivity index (χ4n) is 6.66. The van der Waals surface area contributed by atoms with E-state index < -0.39 is 0 Å². The Labute approximate surface area is 176 Å². The van der Waals surface area contributed by atoms with Crippen molar-refractivity contribution in [2.24, 2.45) is 23.2 Å². The fourth-order valence-corrected chi connectivity index (χ4v) is 7.36. The molecule has 0 saturated heterocycles. The van der Waals surface area contributed by atoms with Crippen molar-refractivity contribution in [1.82, 2.24) is 25.5 Å². The van der Waals surface area contributed by atoms with Crippen molar-refractivity contribution in [1.29, 1.82) is 0 Å². The van der Waals surface area contributed by atoms with E-state index in [1.807, 2.05) is 30.3 Å². The van der Waals surface area contributed by atoms with Gasteiger partial charge < -0.3 is 5.32 Å². The minimum Gasteiger partial charge on any atom is -0.352 e. The Bertz CT molecular complexity index is 832. The summed E-state index contributed by atoms with van der Waals surface area (Å²) >= 11 is 1.40. The summed E-state index contributed by atoms with van der Waals surface area (Å²) in [5.41, 5.74) is 1.25. The molecule has 0 spiro atoms. The molecule has 4 aliphatic carbocycles. The zero-order chi connectivity index (χ0) is 19.8. The summed E-state index contributed by atoms with van der Waals surface area (Å²) in [5, 5.41) is 16.0. The number of benzene rings is 1. The van der Waals surface area contributed by atoms with Crippen LogP contribution in [0.5, 0.6) is 0 Å². The highest BCUT2D eigenvalue weighted by Gasteiger charge is 2.53. The van der Waals surface area contributed by atoms with Crippen LogP contribution in [0.1, 0.15) is 51.9 Å². The molecule has 0 aliphatic heterocycles. The Balaban J connectivity index is 1.23. The number of nitrogens with zero attached hydrogens (tertiary/aromatic N) is 4. The molecule has 2 aromatic rings. The number of carbonyl (C=O) groups excluding carboxylic acids is 1. The molecule has 7 heteroatoms. The number of nitrogens with one attached hydrogen (secondary N) is 1. The number of hydrogen-bond donors (Lipinski definition) is 1. The van der Waals surface area contributed by atoms with Gasteiger partial charge in [-0.25, -0.2) is 0 Å². The van der Waals surface area contributed by atoms with Gasteiger partial charge in [-0.3, -0.25) is 4.79 Å². The first-order valence-corrected chi connectivity index (χ1v) is 11.9. The molecule has 6 rings (SSSR count). The smallest absolute Gasteiger partial charge is 0.230 e. The molecule has 154 valence electrons. The van der Waals surface area contributed by atoms with E-state index in [0.717, 1.165) is 29.9 Å². The van der Waals surface area contributed by atoms with Gasteiger partial charge in [-0.05, 0) is 90.7 Å². The van der Waals surface area contributed by atoms with Crippen LogP contribution in [0.3, 0.4) is 0 Å². The van der Waals surface area contributed by atoms with E-state index in [9.17, 15) is 4.79 Å². The second-order valence-electron chi connectivity index (χ2n) is 9.31. The maximum atomic E-state index is 12.8. The topological polar surface area (TPSA) is 72.7 Å². The minimum absolute atomic E-state index is 0.0974. The van der Waals surface area contributed by atoms with Gasteiger partial charge in [0.15, 0.2) is 0 Å². The molecule has 4 fully saturated rings. The second kappa shape index (κ2) is 7.74. The van der Waals surface area contributed by atoms with Gasteiger partial charge in [-0.1, -0.05) is 36.9 Å². The van der Waals surface area contributed by atoms with Gasteiger partial charge in [0.25, 0.3) is 0 Å². The Morgan fingerprint density at radius 3 is 2.45 bits per heavy atom. The number of thioether (sulfide) groups is 1. The lowest BCUT2D eigenvalue weighted by atomic mass is 9.47. The summed E-state index contributed by atoms with van der Waals surface area (Å²) in [5.74, 6) is 3.14. The fraction of sp³-hybridized carbons (Fsp3) is 0.636. The van der Waals surface area contributed by atoms with E-state index >= 15 is 0 Å². The van der Waals surface area contributed by atoms with Crippen molar-refractivity contribution in [3.63, 3.8) is 0 Å². The lowest BCUT2D eigenvalue weighted by Crippen LogP contribution is -2.57. The van der Waals surface area contributed by atoms with Crippen LogP contribution in [0.2, 0.25) is 0 Å². The van der Waals surface area contributed by atoms with E-state index in [-0.39, 0.29) is 5.91 Å². The molecular weight excluding hydrogens is 382 g/mol. The Morgan fingerprint density at radius 1 is 1.17 bits per heavy atom. The molecule has 1 aromatic heterocycles. The van der Waals surface area contributed by atoms with E-state index in [2.05, 4.69) is 27.8 Å². The molecule has 0 unspecified atom stereocenters. The number of hydrogen-bond acceptors (Lipinski definition) is 5. The van der Waals surface area contributed by atoms with Gasteiger partial charge in [0, 0.05) is 6.04 Å². The average molecular weight is 412 g/mol. The van der Waals surface area contributed by atoms with Gasteiger partial charge >= 0.3 is 0 Å². The van der Waals surface area contributed by atoms with Crippen LogP contribution in [0, 0.1) is 23.2 Å². The number of amides is 1. The maximum absolute atomic E-state index is 12.8. The summed E-state index contributed by atoms with van der Waals surface area (Å²) in [7, 11) is 0. The van der Waals surface area contributed by atoms with Crippen molar-refractivity contribution in [2.45, 2.75) is 63.1 Å². The first-order chi connectivity index (χ1) is 14.1. The molecule has 1 atom stereocenters. The van der Waals surface area contributed by atoms with Gasteiger partial charge in [-0.2, -0.15) is 4.68 Å². The van der Waals surface area contributed by atoms with Crippen LogP contribution in [0.15, 0.2) is 35.5 Å². The molecule has 1 amide bonds. The van der Waals surface area contributed by atoms with Crippen molar-refractivity contribution in [3.05, 3.63) is 30.3 Å². The molecule has 4 saturated carbocycles. The van der Waals surface area contributed by atoms with Crippen LogP contribution in [-0.2, 0) is 4.79 Å². The quantitative estimate of drug-likeness (QED) is 0.700. The third kappa shape index (κ3) is 3.69. The predicted octanol–water partition coefficient (Wildman–Crippen LogP) is 3.87. The normalized spacial score (nSPS) is 31.0. The van der Waals surface area contributed by atoms with E-state index in [1.54, 1.807) is 4.68 Å². The third-order valence-corrected chi connectivity index (χ3v) is 8.26. The van der Waals surface area contributed by atoms with Crippen LogP contribution in [0.4, 0.5) is 0 Å². The first-order valence-electron chi connectivity index (χ1n) is 10.9. The predicted molar refractivity (Wildman–Crippen MR) is 113 cm³/mol. The van der Waals surface area contributed by atoms with Crippen LogP contribution < -0.4 is 5.32 Å². The number of carbonyl (C=O) groups is 1. The lowest BCUT2D eigenvalue weighted by Gasteiger charge is -2.59. The Hall–Kier alpha value is -1.89. The molecule has 1 aromatic carbocycles. The highest BCUT2D eigenvalue weighted by molar-refractivity contribution is 7.99. The number of rotatable bonds is 7. The van der Waals surface area contributed by atoms with Gasteiger partial charge in [0.1, 0.15) is 0 Å². The molecule has 1 heterocycles. The van der Waals surface area contributed by atoms with Crippen molar-refractivity contribution in [2.75, 3.05) is 5.75 Å². The number of tetrazole rings is 1. The van der Waals surface area contributed by atoms with Crippen molar-refractivity contribution < 1.29 is 4.79 Å². The Morgan fingerprint density at radius 2 is 1.83 bits per heavy atom. The molecule has 0 radical (unpaired) electrons. The van der Waals surface area contributed by atoms with Crippen molar-refractivity contribution in [3.8, 4) is 5.69 Å². The molecule has 29 heavy (non-hydrogen) atoms. The lowest BCUT2D eigenvalue weighted by molar-refractivity contribution is -0.124. The average Bonchev–Trinajstić information content (AvgIpc) is 3.18. The van der Waals surface area contributed by atoms with Crippen LogP contribution in [-0.4, -0.2) is 37.9 Å². The summed E-state index contributed by atoms with van der Waals surface area (Å²) in [6.45, 7) is 2.23. The largest absolute Gasteiger partial charge is 0.352 e. The van der Waals surface area contributed by atoms with Crippen LogP contribution in [0.25, 0.3) is 5.69 Å². The number of aromatic nitrogens is 4. The molecular formula is C22H29N5OS. The first kappa shape index (κ1) is 19.1. The SMILES string of the molecule is CC[C@@H](NC(=O)CSc1nnnn1-c1ccccc1)C12CC3CC(CC(C3)C1)C2. The third-order valence-electron chi connectivity index (χ3n) is 7.34. The van der Waals surface area contributed by atoms with E-state index in [4.69, 9.17) is 0 Å². The second-order valence-corrected chi connectivity index (χ2v) is 10.2. The maximum Gasteiger partial charge on any atom is 0.230 e. The highest BCUT2D eigenvalue weighted by Crippen LogP contribution is 2.61. The van der Waals surface area contributed by atoms with E-state index in [0.29, 0.717) is 22.4 Å². The highest BCUT2D eigenvalue weighted by atomic mass is 32.2. The Kier molecular flexibility index (Phi) is 5.10. The molecule has 6 nitrogen and oxygen atoms in total. The number of para-hydroxylation sites is 1. The monoisotopic (exact) mass is 411 g/mol. The molecule has 4 aliphatic rings. The summed E-state index contributed by atoms with van der Waals surface area (Å²) in [6.07, 6.45) is 9.26. The molecule has 1 N–H and O–H groups in total.